The van der Waals surface area contributed by atoms with Crippen LogP contribution >= 0.6 is 11.3 Å². The van der Waals surface area contributed by atoms with Crippen LogP contribution in [-0.2, 0) is 0 Å². The fraction of sp³-hybridized carbons (Fsp3) is 0.385. The minimum absolute atomic E-state index is 0.0404. The van der Waals surface area contributed by atoms with Crippen LogP contribution in [-0.4, -0.2) is 51.4 Å². The average Bonchev–Trinajstić information content (AvgIpc) is 2.98. The number of nitrogens with one attached hydrogen (secondary N) is 1. The van der Waals surface area contributed by atoms with Crippen LogP contribution in [0.4, 0.5) is 0 Å². The minimum atomic E-state index is 0.0404. The van der Waals surface area contributed by atoms with Gasteiger partial charge in [0, 0.05) is 38.1 Å². The zero-order valence-electron chi connectivity index (χ0n) is 11.1. The molecule has 0 aliphatic carbocycles. The van der Waals surface area contributed by atoms with Gasteiger partial charge < -0.3 is 10.2 Å². The molecule has 7 heteroatoms. The Labute approximate surface area is 120 Å². The Kier molecular flexibility index (Phi) is 3.70. The lowest BCUT2D eigenvalue weighted by Gasteiger charge is -2.33. The summed E-state index contributed by atoms with van der Waals surface area (Å²) < 4.78 is 0. The predicted octanol–water partition coefficient (Wildman–Crippen LogP) is 1.03. The quantitative estimate of drug-likeness (QED) is 0.894. The number of hydrogen-bond acceptors (Lipinski definition) is 6. The number of carbonyl (C=O) groups excluding carboxylic acids is 1. The molecule has 20 heavy (non-hydrogen) atoms. The van der Waals surface area contributed by atoms with Gasteiger partial charge in [-0.05, 0) is 13.0 Å². The molecule has 6 nitrogen and oxygen atoms in total. The van der Waals surface area contributed by atoms with Gasteiger partial charge in [-0.15, -0.1) is 11.3 Å². The zero-order chi connectivity index (χ0) is 13.9. The molecule has 1 fully saturated rings. The van der Waals surface area contributed by atoms with Crippen molar-refractivity contribution in [1.29, 1.82) is 0 Å². The van der Waals surface area contributed by atoms with Gasteiger partial charge in [-0.1, -0.05) is 0 Å². The number of nitrogens with zero attached hydrogens (tertiary/aromatic N) is 4. The molecule has 0 radical (unpaired) electrons. The number of hydrogen-bond donors (Lipinski definition) is 1. The first-order valence-electron chi connectivity index (χ1n) is 6.50. The maximum Gasteiger partial charge on any atom is 0.265 e. The van der Waals surface area contributed by atoms with E-state index in [4.69, 9.17) is 0 Å². The number of amides is 1. The SMILES string of the molecule is C[C@@H]1CNCCN1C(=O)c1cnc(-c2ncccn2)s1. The molecule has 3 heterocycles. The highest BCUT2D eigenvalue weighted by atomic mass is 32.1. The van der Waals surface area contributed by atoms with E-state index in [1.54, 1.807) is 24.7 Å². The van der Waals surface area contributed by atoms with Gasteiger partial charge in [0.1, 0.15) is 4.88 Å². The number of thiazole rings is 1. The normalized spacial score (nSPS) is 19.1. The lowest BCUT2D eigenvalue weighted by Crippen LogP contribution is -2.52. The number of piperazine rings is 1. The molecule has 0 unspecified atom stereocenters. The largest absolute Gasteiger partial charge is 0.333 e. The van der Waals surface area contributed by atoms with Gasteiger partial charge in [0.05, 0.1) is 6.20 Å². The summed E-state index contributed by atoms with van der Waals surface area (Å²) in [6.07, 6.45) is 4.96. The summed E-state index contributed by atoms with van der Waals surface area (Å²) in [5.41, 5.74) is 0. The lowest BCUT2D eigenvalue weighted by atomic mass is 10.2. The third-order valence-electron chi connectivity index (χ3n) is 3.24. The van der Waals surface area contributed by atoms with Crippen LogP contribution in [0.5, 0.6) is 0 Å². The predicted molar refractivity (Wildman–Crippen MR) is 76.5 cm³/mol. The highest BCUT2D eigenvalue weighted by molar-refractivity contribution is 7.16. The molecule has 1 amide bonds. The standard InChI is InChI=1S/C13H15N5OS/c1-9-7-14-5-6-18(9)13(19)10-8-17-12(20-10)11-15-3-2-4-16-11/h2-4,8-9,14H,5-7H2,1H3/t9-/m1/s1. The van der Waals surface area contributed by atoms with Crippen LogP contribution in [0, 0.1) is 0 Å². The van der Waals surface area contributed by atoms with Crippen molar-refractivity contribution in [2.75, 3.05) is 19.6 Å². The number of aromatic nitrogens is 3. The Morgan fingerprint density at radius 2 is 2.20 bits per heavy atom. The molecule has 2 aromatic heterocycles. The molecule has 0 spiro atoms. The molecule has 104 valence electrons. The van der Waals surface area contributed by atoms with Gasteiger partial charge in [0.15, 0.2) is 10.8 Å². The van der Waals surface area contributed by atoms with E-state index in [1.807, 2.05) is 11.8 Å². The molecule has 1 atom stereocenters. The molecule has 1 aliphatic heterocycles. The van der Waals surface area contributed by atoms with Gasteiger partial charge in [-0.3, -0.25) is 4.79 Å². The molecular weight excluding hydrogens is 274 g/mol. The molecule has 1 N–H and O–H groups in total. The van der Waals surface area contributed by atoms with Crippen LogP contribution in [0.2, 0.25) is 0 Å². The lowest BCUT2D eigenvalue weighted by molar-refractivity contribution is 0.0660. The molecule has 0 saturated carbocycles. The van der Waals surface area contributed by atoms with E-state index in [1.165, 1.54) is 11.3 Å². The van der Waals surface area contributed by atoms with E-state index >= 15 is 0 Å². The molecular formula is C13H15N5OS. The first-order chi connectivity index (χ1) is 9.75. The summed E-state index contributed by atoms with van der Waals surface area (Å²) in [5, 5.41) is 3.95. The highest BCUT2D eigenvalue weighted by Gasteiger charge is 2.25. The zero-order valence-corrected chi connectivity index (χ0v) is 11.9. The Morgan fingerprint density at radius 3 is 2.95 bits per heavy atom. The Hall–Kier alpha value is -1.86. The van der Waals surface area contributed by atoms with Gasteiger partial charge >= 0.3 is 0 Å². The van der Waals surface area contributed by atoms with E-state index in [-0.39, 0.29) is 11.9 Å². The molecule has 1 saturated heterocycles. The second kappa shape index (κ2) is 5.64. The van der Waals surface area contributed by atoms with Crippen LogP contribution < -0.4 is 5.32 Å². The topological polar surface area (TPSA) is 71.0 Å². The van der Waals surface area contributed by atoms with E-state index in [0.29, 0.717) is 15.7 Å². The second-order valence-electron chi connectivity index (χ2n) is 4.65. The van der Waals surface area contributed by atoms with Crippen molar-refractivity contribution in [3.63, 3.8) is 0 Å². The Balaban J connectivity index is 1.81. The average molecular weight is 289 g/mol. The summed E-state index contributed by atoms with van der Waals surface area (Å²) in [5.74, 6) is 0.601. The third kappa shape index (κ3) is 2.54. The first-order valence-corrected chi connectivity index (χ1v) is 7.32. The van der Waals surface area contributed by atoms with Crippen molar-refractivity contribution >= 4 is 17.2 Å². The summed E-state index contributed by atoms with van der Waals surface area (Å²) in [6.45, 7) is 4.45. The fourth-order valence-corrected chi connectivity index (χ4v) is 2.99. The van der Waals surface area contributed by atoms with Crippen molar-refractivity contribution in [2.24, 2.45) is 0 Å². The second-order valence-corrected chi connectivity index (χ2v) is 5.68. The number of rotatable bonds is 2. The highest BCUT2D eigenvalue weighted by Crippen LogP contribution is 2.23. The van der Waals surface area contributed by atoms with Gasteiger partial charge in [0.2, 0.25) is 0 Å². The first kappa shape index (κ1) is 13.1. The molecule has 2 aromatic rings. The van der Waals surface area contributed by atoms with E-state index in [9.17, 15) is 4.79 Å². The number of carbonyl (C=O) groups is 1. The third-order valence-corrected chi connectivity index (χ3v) is 4.22. The monoisotopic (exact) mass is 289 g/mol. The van der Waals surface area contributed by atoms with E-state index < -0.39 is 0 Å². The van der Waals surface area contributed by atoms with Crippen molar-refractivity contribution in [1.82, 2.24) is 25.2 Å². The van der Waals surface area contributed by atoms with Crippen molar-refractivity contribution in [2.45, 2.75) is 13.0 Å². The van der Waals surface area contributed by atoms with E-state index in [0.717, 1.165) is 19.6 Å². The van der Waals surface area contributed by atoms with Crippen molar-refractivity contribution in [3.8, 4) is 10.8 Å². The van der Waals surface area contributed by atoms with E-state index in [2.05, 4.69) is 20.3 Å². The molecule has 1 aliphatic rings. The van der Waals surface area contributed by atoms with Gasteiger partial charge in [-0.2, -0.15) is 0 Å². The molecule has 0 bridgehead atoms. The summed E-state index contributed by atoms with van der Waals surface area (Å²) >= 11 is 1.34. The maximum atomic E-state index is 12.5. The molecule has 0 aromatic carbocycles. The van der Waals surface area contributed by atoms with Gasteiger partial charge in [-0.25, -0.2) is 15.0 Å². The van der Waals surface area contributed by atoms with Gasteiger partial charge in [0.25, 0.3) is 5.91 Å². The smallest absolute Gasteiger partial charge is 0.265 e. The van der Waals surface area contributed by atoms with Crippen molar-refractivity contribution in [3.05, 3.63) is 29.5 Å². The maximum absolute atomic E-state index is 12.5. The summed E-state index contributed by atoms with van der Waals surface area (Å²) in [7, 11) is 0. The minimum Gasteiger partial charge on any atom is -0.333 e. The van der Waals surface area contributed by atoms with Crippen LogP contribution in [0.1, 0.15) is 16.6 Å². The molecule has 3 rings (SSSR count). The van der Waals surface area contributed by atoms with Crippen LogP contribution in [0.3, 0.4) is 0 Å². The fourth-order valence-electron chi connectivity index (χ4n) is 2.17. The van der Waals surface area contributed by atoms with Crippen LogP contribution in [0.15, 0.2) is 24.7 Å². The Bertz CT molecular complexity index is 600. The van der Waals surface area contributed by atoms with Crippen LogP contribution in [0.25, 0.3) is 10.8 Å². The summed E-state index contributed by atoms with van der Waals surface area (Å²) in [4.78, 5) is 27.6. The summed E-state index contributed by atoms with van der Waals surface area (Å²) in [6, 6.07) is 1.96. The van der Waals surface area contributed by atoms with Crippen molar-refractivity contribution < 1.29 is 4.79 Å². The Morgan fingerprint density at radius 1 is 1.40 bits per heavy atom.